The summed E-state index contributed by atoms with van der Waals surface area (Å²) in [5.41, 5.74) is 0.844. The van der Waals surface area contributed by atoms with E-state index in [-0.39, 0.29) is 0 Å². The van der Waals surface area contributed by atoms with Crippen LogP contribution >= 0.6 is 31.9 Å². The molecule has 1 N–H and O–H groups in total. The predicted molar refractivity (Wildman–Crippen MR) is 59.4 cm³/mol. The molecule has 0 aliphatic heterocycles. The first kappa shape index (κ1) is 11.0. The number of aliphatic hydroxyl groups excluding tert-OH is 1. The van der Waals surface area contributed by atoms with Crippen LogP contribution in [0.2, 0.25) is 0 Å². The molecule has 0 amide bonds. The topological polar surface area (TPSA) is 29.5 Å². The second kappa shape index (κ2) is 4.98. The molecule has 0 aliphatic rings. The molecule has 4 heteroatoms. The van der Waals surface area contributed by atoms with Gasteiger partial charge >= 0.3 is 0 Å². The number of ether oxygens (including phenoxy) is 1. The van der Waals surface area contributed by atoms with E-state index in [4.69, 9.17) is 4.74 Å². The van der Waals surface area contributed by atoms with Gasteiger partial charge in [-0.1, -0.05) is 22.0 Å². The van der Waals surface area contributed by atoms with Crippen molar-refractivity contribution in [2.45, 2.75) is 6.10 Å². The Morgan fingerprint density at radius 2 is 2.23 bits per heavy atom. The zero-order valence-corrected chi connectivity index (χ0v) is 10.3. The summed E-state index contributed by atoms with van der Waals surface area (Å²) in [6.07, 6.45) is -0.484. The van der Waals surface area contributed by atoms with Crippen molar-refractivity contribution in [3.8, 4) is 5.75 Å². The number of hydrogen-bond donors (Lipinski definition) is 1. The number of hydrogen-bond acceptors (Lipinski definition) is 2. The van der Waals surface area contributed by atoms with Gasteiger partial charge in [-0.3, -0.25) is 0 Å². The highest BCUT2D eigenvalue weighted by Crippen LogP contribution is 2.28. The highest BCUT2D eigenvalue weighted by molar-refractivity contribution is 9.10. The summed E-state index contributed by atoms with van der Waals surface area (Å²) in [5, 5.41) is 10.0. The minimum Gasteiger partial charge on any atom is -0.496 e. The maximum Gasteiger partial charge on any atom is 0.133 e. The number of alkyl halides is 1. The zero-order chi connectivity index (χ0) is 9.84. The van der Waals surface area contributed by atoms with Crippen LogP contribution in [0.25, 0.3) is 0 Å². The summed E-state index contributed by atoms with van der Waals surface area (Å²) >= 11 is 6.56. The molecule has 0 bridgehead atoms. The lowest BCUT2D eigenvalue weighted by Crippen LogP contribution is -1.98. The van der Waals surface area contributed by atoms with Gasteiger partial charge in [-0.15, -0.1) is 0 Å². The number of rotatable bonds is 3. The van der Waals surface area contributed by atoms with Crippen molar-refractivity contribution >= 4 is 31.9 Å². The quantitative estimate of drug-likeness (QED) is 0.870. The minimum atomic E-state index is -0.484. The molecule has 0 saturated heterocycles. The third-order valence-corrected chi connectivity index (χ3v) is 2.97. The van der Waals surface area contributed by atoms with Crippen LogP contribution in [0.1, 0.15) is 11.7 Å². The molecule has 2 nitrogen and oxygen atoms in total. The van der Waals surface area contributed by atoms with Crippen molar-refractivity contribution in [2.75, 3.05) is 12.4 Å². The van der Waals surface area contributed by atoms with E-state index in [0.29, 0.717) is 5.33 Å². The van der Waals surface area contributed by atoms with Crippen LogP contribution in [0, 0.1) is 0 Å². The van der Waals surface area contributed by atoms with Crippen molar-refractivity contribution in [1.82, 2.24) is 0 Å². The van der Waals surface area contributed by atoms with Gasteiger partial charge in [-0.05, 0) is 33.6 Å². The first-order valence-electron chi connectivity index (χ1n) is 3.76. The number of methoxy groups -OCH3 is 1. The van der Waals surface area contributed by atoms with Gasteiger partial charge in [-0.2, -0.15) is 0 Å². The van der Waals surface area contributed by atoms with Gasteiger partial charge in [0.05, 0.1) is 17.7 Å². The first-order valence-corrected chi connectivity index (χ1v) is 5.68. The molecule has 0 radical (unpaired) electrons. The van der Waals surface area contributed by atoms with E-state index < -0.39 is 6.10 Å². The monoisotopic (exact) mass is 308 g/mol. The summed E-state index contributed by atoms with van der Waals surface area (Å²) in [6, 6.07) is 5.54. The standard InChI is InChI=1S/C9H10Br2O2/c1-13-9-4-6(8(12)5-10)2-3-7(9)11/h2-4,8,12H,5H2,1H3. The van der Waals surface area contributed by atoms with Gasteiger partial charge in [0.2, 0.25) is 0 Å². The van der Waals surface area contributed by atoms with Crippen molar-refractivity contribution < 1.29 is 9.84 Å². The molecular weight excluding hydrogens is 300 g/mol. The number of benzene rings is 1. The largest absolute Gasteiger partial charge is 0.496 e. The molecule has 0 saturated carbocycles. The van der Waals surface area contributed by atoms with Crippen LogP contribution in [0.4, 0.5) is 0 Å². The minimum absolute atomic E-state index is 0.484. The van der Waals surface area contributed by atoms with E-state index in [1.165, 1.54) is 0 Å². The van der Waals surface area contributed by atoms with Crippen molar-refractivity contribution in [3.63, 3.8) is 0 Å². The highest BCUT2D eigenvalue weighted by atomic mass is 79.9. The first-order chi connectivity index (χ1) is 6.19. The lowest BCUT2D eigenvalue weighted by Gasteiger charge is -2.10. The maximum atomic E-state index is 9.52. The molecule has 1 rings (SSSR count). The average Bonchev–Trinajstić information content (AvgIpc) is 2.17. The van der Waals surface area contributed by atoms with E-state index in [2.05, 4.69) is 31.9 Å². The Morgan fingerprint density at radius 1 is 1.54 bits per heavy atom. The second-order valence-corrected chi connectivity index (χ2v) is 4.07. The number of halogens is 2. The SMILES string of the molecule is COc1cc(C(O)CBr)ccc1Br. The Bertz CT molecular complexity index is 289. The average molecular weight is 310 g/mol. The van der Waals surface area contributed by atoms with Gasteiger partial charge in [0.25, 0.3) is 0 Å². The zero-order valence-electron chi connectivity index (χ0n) is 7.13. The molecule has 0 aromatic heterocycles. The molecule has 0 spiro atoms. The summed E-state index contributed by atoms with van der Waals surface area (Å²) in [5.74, 6) is 0.734. The molecule has 1 aromatic rings. The van der Waals surface area contributed by atoms with Crippen LogP contribution in [0.3, 0.4) is 0 Å². The molecule has 0 aliphatic carbocycles. The van der Waals surface area contributed by atoms with Crippen LogP contribution in [-0.2, 0) is 0 Å². The Balaban J connectivity index is 2.99. The third-order valence-electron chi connectivity index (χ3n) is 1.71. The van der Waals surface area contributed by atoms with Gasteiger partial charge in [0.1, 0.15) is 5.75 Å². The smallest absolute Gasteiger partial charge is 0.133 e. The Kier molecular flexibility index (Phi) is 4.22. The van der Waals surface area contributed by atoms with Gasteiger partial charge in [0.15, 0.2) is 0 Å². The van der Waals surface area contributed by atoms with Crippen molar-refractivity contribution in [1.29, 1.82) is 0 Å². The van der Waals surface area contributed by atoms with Gasteiger partial charge < -0.3 is 9.84 Å². The van der Waals surface area contributed by atoms with Crippen molar-refractivity contribution in [3.05, 3.63) is 28.2 Å². The fourth-order valence-electron chi connectivity index (χ4n) is 0.973. The second-order valence-electron chi connectivity index (χ2n) is 2.56. The summed E-state index contributed by atoms with van der Waals surface area (Å²) in [7, 11) is 1.60. The van der Waals surface area contributed by atoms with Gasteiger partial charge in [-0.25, -0.2) is 0 Å². The van der Waals surface area contributed by atoms with Crippen LogP contribution in [0.5, 0.6) is 5.75 Å². The third kappa shape index (κ3) is 2.69. The van der Waals surface area contributed by atoms with Crippen molar-refractivity contribution in [2.24, 2.45) is 0 Å². The molecule has 1 unspecified atom stereocenters. The predicted octanol–water partition coefficient (Wildman–Crippen LogP) is 2.89. The fraction of sp³-hybridized carbons (Fsp3) is 0.333. The maximum absolute atomic E-state index is 9.52. The lowest BCUT2D eigenvalue weighted by atomic mass is 10.1. The normalized spacial score (nSPS) is 12.6. The summed E-state index contributed by atoms with van der Waals surface area (Å²) in [4.78, 5) is 0. The molecular formula is C9H10Br2O2. The molecule has 1 atom stereocenters. The lowest BCUT2D eigenvalue weighted by molar-refractivity contribution is 0.205. The Hall–Kier alpha value is -0.0600. The van der Waals surface area contributed by atoms with E-state index >= 15 is 0 Å². The van der Waals surface area contributed by atoms with E-state index in [0.717, 1.165) is 15.8 Å². The molecule has 0 fully saturated rings. The summed E-state index contributed by atoms with van der Waals surface area (Å²) in [6.45, 7) is 0. The van der Waals surface area contributed by atoms with E-state index in [1.807, 2.05) is 18.2 Å². The van der Waals surface area contributed by atoms with Crippen LogP contribution in [0.15, 0.2) is 22.7 Å². The van der Waals surface area contributed by atoms with Crippen LogP contribution in [-0.4, -0.2) is 17.5 Å². The molecule has 0 heterocycles. The highest BCUT2D eigenvalue weighted by Gasteiger charge is 2.08. The number of aliphatic hydroxyl groups is 1. The fourth-order valence-corrected chi connectivity index (χ4v) is 1.76. The molecule has 13 heavy (non-hydrogen) atoms. The Morgan fingerprint density at radius 3 is 2.77 bits per heavy atom. The van der Waals surface area contributed by atoms with Gasteiger partial charge in [0, 0.05) is 5.33 Å². The Labute approximate surface area is 94.2 Å². The van der Waals surface area contributed by atoms with Crippen LogP contribution < -0.4 is 4.74 Å². The van der Waals surface area contributed by atoms with E-state index in [1.54, 1.807) is 7.11 Å². The molecule has 72 valence electrons. The summed E-state index contributed by atoms with van der Waals surface area (Å²) < 4.78 is 6.00. The van der Waals surface area contributed by atoms with E-state index in [9.17, 15) is 5.11 Å². The molecule has 1 aromatic carbocycles.